The Morgan fingerprint density at radius 2 is 2.00 bits per heavy atom. The quantitative estimate of drug-likeness (QED) is 0.906. The molecular formula is C14H14FNO2. The first-order valence-electron chi connectivity index (χ1n) is 5.63. The molecule has 0 unspecified atom stereocenters. The van der Waals surface area contributed by atoms with Crippen LogP contribution in [-0.2, 0) is 6.54 Å². The first kappa shape index (κ1) is 12.4. The van der Waals surface area contributed by atoms with E-state index in [4.69, 9.17) is 5.11 Å². The molecule has 0 aliphatic carbocycles. The molecule has 0 radical (unpaired) electrons. The fraction of sp³-hybridized carbons (Fsp3) is 0.214. The summed E-state index contributed by atoms with van der Waals surface area (Å²) in [4.78, 5) is 11.2. The van der Waals surface area contributed by atoms with Gasteiger partial charge in [-0.05, 0) is 48.7 Å². The van der Waals surface area contributed by atoms with E-state index < -0.39 is 5.97 Å². The van der Waals surface area contributed by atoms with Gasteiger partial charge in [0.25, 0.3) is 0 Å². The Bertz CT molecular complexity index is 602. The zero-order valence-corrected chi connectivity index (χ0v) is 10.3. The van der Waals surface area contributed by atoms with Gasteiger partial charge in [0, 0.05) is 12.7 Å². The molecule has 0 aliphatic heterocycles. The number of rotatable bonds is 3. The van der Waals surface area contributed by atoms with E-state index in [2.05, 4.69) is 0 Å². The Hall–Kier alpha value is -2.10. The Morgan fingerprint density at radius 3 is 2.67 bits per heavy atom. The largest absolute Gasteiger partial charge is 0.477 e. The lowest BCUT2D eigenvalue weighted by Crippen LogP contribution is -2.10. The van der Waals surface area contributed by atoms with E-state index in [1.54, 1.807) is 29.8 Å². The number of aromatic carboxylic acids is 1. The van der Waals surface area contributed by atoms with Gasteiger partial charge in [-0.2, -0.15) is 0 Å². The molecule has 2 rings (SSSR count). The number of carboxylic acid groups (broad SMARTS) is 1. The molecule has 1 N–H and O–H groups in total. The Kier molecular flexibility index (Phi) is 3.19. The maximum absolute atomic E-state index is 13.2. The van der Waals surface area contributed by atoms with Crippen LogP contribution in [0.3, 0.4) is 0 Å². The average Bonchev–Trinajstić information content (AvgIpc) is 2.65. The van der Waals surface area contributed by atoms with Crippen LogP contribution in [0.1, 0.15) is 27.2 Å². The van der Waals surface area contributed by atoms with Gasteiger partial charge >= 0.3 is 5.97 Å². The predicted molar refractivity (Wildman–Crippen MR) is 66.4 cm³/mol. The average molecular weight is 247 g/mol. The van der Waals surface area contributed by atoms with Gasteiger partial charge in [0.15, 0.2) is 0 Å². The van der Waals surface area contributed by atoms with E-state index in [9.17, 15) is 9.18 Å². The van der Waals surface area contributed by atoms with E-state index >= 15 is 0 Å². The SMILES string of the molecule is Cc1ccc(F)cc1Cn1ccc(C)c1C(=O)O. The summed E-state index contributed by atoms with van der Waals surface area (Å²) in [6.45, 7) is 3.99. The third kappa shape index (κ3) is 2.27. The smallest absolute Gasteiger partial charge is 0.352 e. The van der Waals surface area contributed by atoms with Gasteiger partial charge in [-0.3, -0.25) is 0 Å². The highest BCUT2D eigenvalue weighted by atomic mass is 19.1. The molecule has 94 valence electrons. The van der Waals surface area contributed by atoms with E-state index in [-0.39, 0.29) is 11.5 Å². The molecule has 0 atom stereocenters. The second kappa shape index (κ2) is 4.64. The third-order valence-electron chi connectivity index (χ3n) is 3.02. The zero-order valence-electron chi connectivity index (χ0n) is 10.3. The molecule has 2 aromatic rings. The molecule has 3 nitrogen and oxygen atoms in total. The molecule has 0 bridgehead atoms. The Balaban J connectivity index is 2.40. The highest BCUT2D eigenvalue weighted by Crippen LogP contribution is 2.16. The van der Waals surface area contributed by atoms with Crippen molar-refractivity contribution in [3.05, 3.63) is 58.7 Å². The van der Waals surface area contributed by atoms with Gasteiger partial charge in [0.05, 0.1) is 0 Å². The van der Waals surface area contributed by atoms with Crippen LogP contribution in [0.4, 0.5) is 4.39 Å². The number of hydrogen-bond acceptors (Lipinski definition) is 1. The molecule has 4 heteroatoms. The van der Waals surface area contributed by atoms with Crippen LogP contribution in [0.5, 0.6) is 0 Å². The van der Waals surface area contributed by atoms with E-state index in [1.807, 2.05) is 6.92 Å². The summed E-state index contributed by atoms with van der Waals surface area (Å²) in [5.74, 6) is -1.28. The fourth-order valence-corrected chi connectivity index (χ4v) is 2.00. The molecule has 0 fully saturated rings. The van der Waals surface area contributed by atoms with Gasteiger partial charge < -0.3 is 9.67 Å². The van der Waals surface area contributed by atoms with Crippen molar-refractivity contribution in [3.8, 4) is 0 Å². The van der Waals surface area contributed by atoms with Crippen molar-refractivity contribution in [1.82, 2.24) is 4.57 Å². The van der Waals surface area contributed by atoms with Crippen molar-refractivity contribution < 1.29 is 14.3 Å². The monoisotopic (exact) mass is 247 g/mol. The summed E-state index contributed by atoms with van der Waals surface area (Å²) >= 11 is 0. The minimum atomic E-state index is -0.966. The summed E-state index contributed by atoms with van der Waals surface area (Å²) in [7, 11) is 0. The van der Waals surface area contributed by atoms with Crippen molar-refractivity contribution in [2.75, 3.05) is 0 Å². The lowest BCUT2D eigenvalue weighted by molar-refractivity contribution is 0.0685. The standard InChI is InChI=1S/C14H14FNO2/c1-9-3-4-12(15)7-11(9)8-16-6-5-10(2)13(16)14(17)18/h3-7H,8H2,1-2H3,(H,17,18). The number of benzene rings is 1. The van der Waals surface area contributed by atoms with Crippen LogP contribution in [-0.4, -0.2) is 15.6 Å². The number of aryl methyl sites for hydroxylation is 2. The molecule has 18 heavy (non-hydrogen) atoms. The topological polar surface area (TPSA) is 42.2 Å². The van der Waals surface area contributed by atoms with Gasteiger partial charge in [0.1, 0.15) is 11.5 Å². The molecule has 1 aromatic carbocycles. The highest BCUT2D eigenvalue weighted by molar-refractivity contribution is 5.87. The molecule has 0 saturated carbocycles. The minimum absolute atomic E-state index is 0.249. The Labute approximate surface area is 104 Å². The van der Waals surface area contributed by atoms with Crippen LogP contribution in [0.25, 0.3) is 0 Å². The predicted octanol–water partition coefficient (Wildman–Crippen LogP) is 2.99. The van der Waals surface area contributed by atoms with Crippen LogP contribution >= 0.6 is 0 Å². The van der Waals surface area contributed by atoms with E-state index in [0.29, 0.717) is 12.1 Å². The van der Waals surface area contributed by atoms with Crippen molar-refractivity contribution in [2.24, 2.45) is 0 Å². The van der Waals surface area contributed by atoms with E-state index in [1.165, 1.54) is 12.1 Å². The maximum atomic E-state index is 13.2. The van der Waals surface area contributed by atoms with Gasteiger partial charge in [0.2, 0.25) is 0 Å². The molecular weight excluding hydrogens is 233 g/mol. The number of carboxylic acids is 1. The van der Waals surface area contributed by atoms with Crippen LogP contribution in [0, 0.1) is 19.7 Å². The molecule has 0 amide bonds. The molecule has 0 saturated heterocycles. The lowest BCUT2D eigenvalue weighted by atomic mass is 10.1. The number of nitrogens with zero attached hydrogens (tertiary/aromatic N) is 1. The second-order valence-corrected chi connectivity index (χ2v) is 4.35. The number of halogens is 1. The van der Waals surface area contributed by atoms with Gasteiger partial charge in [-0.15, -0.1) is 0 Å². The maximum Gasteiger partial charge on any atom is 0.352 e. The molecule has 0 aliphatic rings. The third-order valence-corrected chi connectivity index (χ3v) is 3.02. The van der Waals surface area contributed by atoms with Crippen LogP contribution < -0.4 is 0 Å². The van der Waals surface area contributed by atoms with Crippen LogP contribution in [0.2, 0.25) is 0 Å². The number of carbonyl (C=O) groups is 1. The summed E-state index contributed by atoms with van der Waals surface area (Å²) in [5, 5.41) is 9.14. The van der Waals surface area contributed by atoms with Crippen LogP contribution in [0.15, 0.2) is 30.5 Å². The van der Waals surface area contributed by atoms with E-state index in [0.717, 1.165) is 11.1 Å². The van der Waals surface area contributed by atoms with Crippen molar-refractivity contribution in [3.63, 3.8) is 0 Å². The van der Waals surface area contributed by atoms with Gasteiger partial charge in [-0.1, -0.05) is 6.07 Å². The van der Waals surface area contributed by atoms with Crippen molar-refractivity contribution >= 4 is 5.97 Å². The summed E-state index contributed by atoms with van der Waals surface area (Å²) in [6, 6.07) is 6.29. The number of aromatic nitrogens is 1. The molecule has 1 heterocycles. The number of hydrogen-bond donors (Lipinski definition) is 1. The highest BCUT2D eigenvalue weighted by Gasteiger charge is 2.14. The van der Waals surface area contributed by atoms with Crippen molar-refractivity contribution in [2.45, 2.75) is 20.4 Å². The second-order valence-electron chi connectivity index (χ2n) is 4.35. The first-order valence-corrected chi connectivity index (χ1v) is 5.63. The lowest BCUT2D eigenvalue weighted by Gasteiger charge is -2.10. The summed E-state index contributed by atoms with van der Waals surface area (Å²) < 4.78 is 14.8. The first-order chi connectivity index (χ1) is 8.49. The molecule has 1 aromatic heterocycles. The van der Waals surface area contributed by atoms with Gasteiger partial charge in [-0.25, -0.2) is 9.18 Å². The minimum Gasteiger partial charge on any atom is -0.477 e. The van der Waals surface area contributed by atoms with Crippen molar-refractivity contribution in [1.29, 1.82) is 0 Å². The fourth-order valence-electron chi connectivity index (χ4n) is 2.00. The Morgan fingerprint density at radius 1 is 1.28 bits per heavy atom. The summed E-state index contributed by atoms with van der Waals surface area (Å²) in [5.41, 5.74) is 2.68. The normalized spacial score (nSPS) is 10.6. The zero-order chi connectivity index (χ0) is 13.3. The summed E-state index contributed by atoms with van der Waals surface area (Å²) in [6.07, 6.45) is 1.71. The molecule has 0 spiro atoms.